The Morgan fingerprint density at radius 1 is 1.53 bits per heavy atom. The number of carbonyl (C=O) groups is 1. The van der Waals surface area contributed by atoms with Gasteiger partial charge < -0.3 is 14.4 Å². The van der Waals surface area contributed by atoms with E-state index < -0.39 is 5.97 Å². The number of hydrogen-bond acceptors (Lipinski definition) is 3. The fraction of sp³-hybridized carbons (Fsp3) is 0.643. The second kappa shape index (κ2) is 5.75. The maximum Gasteiger partial charge on any atom is 0.337 e. The molecule has 1 fully saturated rings. The van der Waals surface area contributed by atoms with Gasteiger partial charge in [0.2, 0.25) is 0 Å². The third-order valence-electron chi connectivity index (χ3n) is 3.86. The van der Waals surface area contributed by atoms with Crippen molar-refractivity contribution in [3.05, 3.63) is 23.0 Å². The van der Waals surface area contributed by atoms with Gasteiger partial charge in [-0.15, -0.1) is 0 Å². The van der Waals surface area contributed by atoms with Crippen LogP contribution in [0.25, 0.3) is 0 Å². The van der Waals surface area contributed by atoms with E-state index in [0.29, 0.717) is 5.56 Å². The predicted octanol–water partition coefficient (Wildman–Crippen LogP) is 1.52. The summed E-state index contributed by atoms with van der Waals surface area (Å²) in [5.41, 5.74) is 2.18. The summed E-state index contributed by atoms with van der Waals surface area (Å²) in [6.07, 6.45) is 0.139. The minimum absolute atomic E-state index is 0.139. The van der Waals surface area contributed by atoms with E-state index in [1.807, 2.05) is 18.4 Å². The first-order valence-corrected chi connectivity index (χ1v) is 6.77. The van der Waals surface area contributed by atoms with Crippen LogP contribution in [0.2, 0.25) is 0 Å². The van der Waals surface area contributed by atoms with Crippen LogP contribution in [0.4, 0.5) is 0 Å². The van der Waals surface area contributed by atoms with Crippen molar-refractivity contribution in [1.29, 1.82) is 0 Å². The van der Waals surface area contributed by atoms with Crippen LogP contribution in [0, 0.1) is 13.8 Å². The number of carboxylic acid groups (broad SMARTS) is 1. The molecule has 1 aliphatic rings. The molecule has 0 saturated carbocycles. The Labute approximate surface area is 113 Å². The summed E-state index contributed by atoms with van der Waals surface area (Å²) in [6.45, 7) is 10.4. The fourth-order valence-corrected chi connectivity index (χ4v) is 2.68. The predicted molar refractivity (Wildman–Crippen MR) is 72.7 cm³/mol. The zero-order chi connectivity index (χ0) is 14.0. The van der Waals surface area contributed by atoms with E-state index in [4.69, 9.17) is 9.84 Å². The van der Waals surface area contributed by atoms with Crippen molar-refractivity contribution in [1.82, 2.24) is 9.47 Å². The molecule has 0 spiro atoms. The molecule has 1 aromatic rings. The highest BCUT2D eigenvalue weighted by Gasteiger charge is 2.22. The molecule has 2 heterocycles. The minimum Gasteiger partial charge on any atom is -0.478 e. The molecule has 0 amide bonds. The number of aromatic nitrogens is 1. The molecule has 0 aromatic carbocycles. The highest BCUT2D eigenvalue weighted by atomic mass is 16.5. The maximum absolute atomic E-state index is 11.1. The van der Waals surface area contributed by atoms with Gasteiger partial charge in [-0.05, 0) is 26.5 Å². The van der Waals surface area contributed by atoms with Crippen molar-refractivity contribution in [2.45, 2.75) is 33.4 Å². The second-order valence-electron chi connectivity index (χ2n) is 5.09. The molecular weight excluding hydrogens is 244 g/mol. The molecule has 1 N–H and O–H groups in total. The monoisotopic (exact) mass is 266 g/mol. The Bertz CT molecular complexity index is 468. The van der Waals surface area contributed by atoms with Crippen LogP contribution in [0.5, 0.6) is 0 Å². The van der Waals surface area contributed by atoms with Crippen LogP contribution < -0.4 is 0 Å². The molecule has 5 nitrogen and oxygen atoms in total. The summed E-state index contributed by atoms with van der Waals surface area (Å²) in [4.78, 5) is 13.5. The van der Waals surface area contributed by atoms with Crippen LogP contribution >= 0.6 is 0 Å². The minimum atomic E-state index is -0.862. The average Bonchev–Trinajstić information content (AvgIpc) is 2.67. The summed E-state index contributed by atoms with van der Waals surface area (Å²) >= 11 is 0. The Kier molecular flexibility index (Phi) is 4.27. The molecule has 1 atom stereocenters. The molecule has 5 heteroatoms. The highest BCUT2D eigenvalue weighted by molar-refractivity contribution is 5.89. The smallest absolute Gasteiger partial charge is 0.337 e. The number of morpholine rings is 1. The number of hydrogen-bond donors (Lipinski definition) is 1. The van der Waals surface area contributed by atoms with Crippen molar-refractivity contribution < 1.29 is 14.6 Å². The van der Waals surface area contributed by atoms with Crippen LogP contribution in [0.3, 0.4) is 0 Å². The number of ether oxygens (including phenoxy) is 1. The van der Waals surface area contributed by atoms with E-state index >= 15 is 0 Å². The standard InChI is InChI=1S/C14H22N2O3/c1-4-15-5-6-19-12(8-15)9-16-10(2)7-13(11(16)3)14(17)18/h7,12H,4-6,8-9H2,1-3H3,(H,17,18). The van der Waals surface area contributed by atoms with Gasteiger partial charge in [-0.1, -0.05) is 6.92 Å². The molecule has 1 unspecified atom stereocenters. The number of aromatic carboxylic acids is 1. The lowest BCUT2D eigenvalue weighted by atomic mass is 10.2. The second-order valence-corrected chi connectivity index (χ2v) is 5.09. The molecule has 106 valence electrons. The maximum atomic E-state index is 11.1. The van der Waals surface area contributed by atoms with E-state index in [1.54, 1.807) is 6.07 Å². The van der Waals surface area contributed by atoms with E-state index in [-0.39, 0.29) is 6.10 Å². The van der Waals surface area contributed by atoms with E-state index in [9.17, 15) is 4.79 Å². The average molecular weight is 266 g/mol. The Morgan fingerprint density at radius 2 is 2.26 bits per heavy atom. The van der Waals surface area contributed by atoms with E-state index in [0.717, 1.165) is 44.2 Å². The SMILES string of the molecule is CCN1CCOC(Cn2c(C)cc(C(=O)O)c2C)C1. The van der Waals surface area contributed by atoms with Gasteiger partial charge in [0.05, 0.1) is 24.8 Å². The van der Waals surface area contributed by atoms with E-state index in [1.165, 1.54) is 0 Å². The molecule has 0 bridgehead atoms. The number of rotatable bonds is 4. The zero-order valence-corrected chi connectivity index (χ0v) is 11.8. The van der Waals surface area contributed by atoms with E-state index in [2.05, 4.69) is 11.8 Å². The summed E-state index contributed by atoms with van der Waals surface area (Å²) < 4.78 is 7.83. The fourth-order valence-electron chi connectivity index (χ4n) is 2.68. The molecule has 1 aromatic heterocycles. The first-order chi connectivity index (χ1) is 9.02. The van der Waals surface area contributed by atoms with Crippen molar-refractivity contribution in [2.75, 3.05) is 26.2 Å². The molecule has 0 radical (unpaired) electrons. The first kappa shape index (κ1) is 14.1. The van der Waals surface area contributed by atoms with Gasteiger partial charge in [-0.2, -0.15) is 0 Å². The lowest BCUT2D eigenvalue weighted by Crippen LogP contribution is -2.44. The van der Waals surface area contributed by atoms with Crippen molar-refractivity contribution >= 4 is 5.97 Å². The first-order valence-electron chi connectivity index (χ1n) is 6.77. The van der Waals surface area contributed by atoms with Crippen molar-refractivity contribution in [2.24, 2.45) is 0 Å². The Balaban J connectivity index is 2.12. The van der Waals surface area contributed by atoms with Crippen LogP contribution in [0.1, 0.15) is 28.7 Å². The quantitative estimate of drug-likeness (QED) is 0.898. The van der Waals surface area contributed by atoms with Crippen LogP contribution in [-0.2, 0) is 11.3 Å². The summed E-state index contributed by atoms with van der Waals surface area (Å²) in [6, 6.07) is 1.73. The Morgan fingerprint density at radius 3 is 2.84 bits per heavy atom. The van der Waals surface area contributed by atoms with Crippen LogP contribution in [0.15, 0.2) is 6.07 Å². The largest absolute Gasteiger partial charge is 0.478 e. The molecule has 1 aliphatic heterocycles. The molecule has 1 saturated heterocycles. The summed E-state index contributed by atoms with van der Waals surface area (Å²) in [5.74, 6) is -0.862. The lowest BCUT2D eigenvalue weighted by Gasteiger charge is -2.32. The third kappa shape index (κ3) is 2.98. The summed E-state index contributed by atoms with van der Waals surface area (Å²) in [5, 5.41) is 9.14. The van der Waals surface area contributed by atoms with Gasteiger partial charge in [0.1, 0.15) is 0 Å². The van der Waals surface area contributed by atoms with Gasteiger partial charge in [0.25, 0.3) is 0 Å². The number of carboxylic acids is 1. The molecule has 2 rings (SSSR count). The number of aryl methyl sites for hydroxylation is 1. The Hall–Kier alpha value is -1.33. The van der Waals surface area contributed by atoms with Crippen molar-refractivity contribution in [3.8, 4) is 0 Å². The normalized spacial score (nSPS) is 20.7. The molecule has 0 aliphatic carbocycles. The number of nitrogens with zero attached hydrogens (tertiary/aromatic N) is 2. The molecule has 19 heavy (non-hydrogen) atoms. The van der Waals surface area contributed by atoms with Crippen LogP contribution in [-0.4, -0.2) is 52.9 Å². The summed E-state index contributed by atoms with van der Waals surface area (Å²) in [7, 11) is 0. The van der Waals surface area contributed by atoms with Gasteiger partial charge >= 0.3 is 5.97 Å². The van der Waals surface area contributed by atoms with Gasteiger partial charge in [0.15, 0.2) is 0 Å². The lowest BCUT2D eigenvalue weighted by molar-refractivity contribution is -0.0347. The van der Waals surface area contributed by atoms with Gasteiger partial charge in [-0.25, -0.2) is 4.79 Å². The number of likely N-dealkylation sites (N-methyl/N-ethyl adjacent to an activating group) is 1. The van der Waals surface area contributed by atoms with Crippen molar-refractivity contribution in [3.63, 3.8) is 0 Å². The zero-order valence-electron chi connectivity index (χ0n) is 11.8. The van der Waals surface area contributed by atoms with Gasteiger partial charge in [-0.3, -0.25) is 4.90 Å². The molecular formula is C14H22N2O3. The third-order valence-corrected chi connectivity index (χ3v) is 3.86. The topological polar surface area (TPSA) is 54.7 Å². The highest BCUT2D eigenvalue weighted by Crippen LogP contribution is 2.17. The van der Waals surface area contributed by atoms with Gasteiger partial charge in [0, 0.05) is 24.5 Å².